The first-order valence-electron chi connectivity index (χ1n) is 5.06. The lowest BCUT2D eigenvalue weighted by Crippen LogP contribution is -1.91. The van der Waals surface area contributed by atoms with Gasteiger partial charge in [0.05, 0.1) is 11.8 Å². The Kier molecular flexibility index (Phi) is 3.50. The average molecular weight is 247 g/mol. The van der Waals surface area contributed by atoms with Crippen LogP contribution in [0.2, 0.25) is 0 Å². The summed E-state index contributed by atoms with van der Waals surface area (Å²) in [6.45, 7) is 1.87. The van der Waals surface area contributed by atoms with Gasteiger partial charge in [0.15, 0.2) is 0 Å². The fourth-order valence-electron chi connectivity index (χ4n) is 1.46. The predicted molar refractivity (Wildman–Crippen MR) is 64.1 cm³/mol. The van der Waals surface area contributed by atoms with E-state index in [-0.39, 0.29) is 5.56 Å². The third kappa shape index (κ3) is 2.51. The van der Waals surface area contributed by atoms with Crippen LogP contribution in [0.4, 0.5) is 4.39 Å². The highest BCUT2D eigenvalue weighted by Crippen LogP contribution is 2.28. The molecule has 86 valence electrons. The molecule has 0 atom stereocenters. The minimum atomic E-state index is -0.427. The first-order chi connectivity index (χ1) is 8.22. The van der Waals surface area contributed by atoms with Crippen molar-refractivity contribution in [1.29, 1.82) is 5.26 Å². The Morgan fingerprint density at radius 3 is 2.88 bits per heavy atom. The Morgan fingerprint density at radius 1 is 1.41 bits per heavy atom. The van der Waals surface area contributed by atoms with Crippen LogP contribution < -0.4 is 0 Å². The van der Waals surface area contributed by atoms with Gasteiger partial charge in [-0.15, -0.1) is 11.8 Å². The highest BCUT2D eigenvalue weighted by Gasteiger charge is 2.09. The van der Waals surface area contributed by atoms with Gasteiger partial charge in [0.25, 0.3) is 0 Å². The molecule has 0 N–H and O–H groups in total. The van der Waals surface area contributed by atoms with Gasteiger partial charge in [-0.2, -0.15) is 5.26 Å². The van der Waals surface area contributed by atoms with Crippen LogP contribution in [0.25, 0.3) is 0 Å². The highest BCUT2D eigenvalue weighted by atomic mass is 32.2. The molecule has 2 aromatic rings. The Labute approximate surface area is 103 Å². The van der Waals surface area contributed by atoms with Crippen molar-refractivity contribution >= 4 is 11.8 Å². The molecule has 0 aliphatic rings. The lowest BCUT2D eigenvalue weighted by Gasteiger charge is -2.03. The molecule has 2 nitrogen and oxygen atoms in total. The summed E-state index contributed by atoms with van der Waals surface area (Å²) in [6, 6.07) is 8.56. The predicted octanol–water partition coefficient (Wildman–Crippen LogP) is 3.89. The smallest absolute Gasteiger partial charge is 0.144 e. The maximum atomic E-state index is 13.7. The van der Waals surface area contributed by atoms with Gasteiger partial charge >= 0.3 is 0 Å². The topological polar surface area (TPSA) is 36.9 Å². The fraction of sp³-hybridized carbons (Fsp3) is 0.154. The van der Waals surface area contributed by atoms with E-state index in [9.17, 15) is 4.39 Å². The molecule has 0 spiro atoms. The monoisotopic (exact) mass is 247 g/mol. The number of benzene rings is 1. The number of nitrogens with zero attached hydrogens (tertiary/aromatic N) is 1. The summed E-state index contributed by atoms with van der Waals surface area (Å²) in [5, 5.41) is 8.73. The largest absolute Gasteiger partial charge is 0.468 e. The van der Waals surface area contributed by atoms with Gasteiger partial charge in [0.2, 0.25) is 0 Å². The molecule has 0 radical (unpaired) electrons. The van der Waals surface area contributed by atoms with Crippen molar-refractivity contribution in [2.24, 2.45) is 0 Å². The zero-order valence-electron chi connectivity index (χ0n) is 9.24. The number of halogens is 1. The first kappa shape index (κ1) is 11.7. The van der Waals surface area contributed by atoms with Gasteiger partial charge in [-0.1, -0.05) is 12.1 Å². The summed E-state index contributed by atoms with van der Waals surface area (Å²) in [7, 11) is 0. The Morgan fingerprint density at radius 2 is 2.24 bits per heavy atom. The normalized spacial score (nSPS) is 10.2. The molecule has 2 rings (SSSR count). The minimum Gasteiger partial charge on any atom is -0.468 e. The number of hydrogen-bond donors (Lipinski definition) is 0. The molecular weight excluding hydrogens is 237 g/mol. The molecule has 0 amide bonds. The lowest BCUT2D eigenvalue weighted by atomic mass is 10.1. The molecule has 0 fully saturated rings. The summed E-state index contributed by atoms with van der Waals surface area (Å²) in [4.78, 5) is 0.992. The standard InChI is InChI=1S/C13H10FNOS/c1-9-12(5-6-16-9)17-8-11-4-2-3-10(7-15)13(11)14/h2-6H,8H2,1H3. The molecular formula is C13H10FNOS. The van der Waals surface area contributed by atoms with Gasteiger partial charge in [0, 0.05) is 10.6 Å². The second-order valence-corrected chi connectivity index (χ2v) is 4.54. The van der Waals surface area contributed by atoms with Crippen LogP contribution in [-0.4, -0.2) is 0 Å². The van der Waals surface area contributed by atoms with Crippen LogP contribution in [0.3, 0.4) is 0 Å². The molecule has 0 saturated carbocycles. The maximum absolute atomic E-state index is 13.7. The van der Waals surface area contributed by atoms with E-state index in [0.717, 1.165) is 10.7 Å². The molecule has 0 unspecified atom stereocenters. The van der Waals surface area contributed by atoms with E-state index in [1.807, 2.05) is 19.1 Å². The summed E-state index contributed by atoms with van der Waals surface area (Å²) in [6.07, 6.45) is 1.61. The van der Waals surface area contributed by atoms with Gasteiger partial charge < -0.3 is 4.42 Å². The summed E-state index contributed by atoms with van der Waals surface area (Å²) < 4.78 is 18.9. The van der Waals surface area contributed by atoms with Gasteiger partial charge in [-0.25, -0.2) is 4.39 Å². The number of hydrogen-bond acceptors (Lipinski definition) is 3. The Bertz CT molecular complexity index is 571. The molecule has 0 aliphatic carbocycles. The fourth-order valence-corrected chi connectivity index (χ4v) is 2.39. The first-order valence-corrected chi connectivity index (χ1v) is 6.05. The maximum Gasteiger partial charge on any atom is 0.144 e. The van der Waals surface area contributed by atoms with Crippen LogP contribution in [0.15, 0.2) is 39.8 Å². The third-order valence-corrected chi connectivity index (χ3v) is 3.58. The number of furan rings is 1. The Balaban J connectivity index is 2.15. The van der Waals surface area contributed by atoms with Crippen LogP contribution in [0.1, 0.15) is 16.9 Å². The van der Waals surface area contributed by atoms with Gasteiger partial charge in [-0.05, 0) is 24.6 Å². The van der Waals surface area contributed by atoms with E-state index in [2.05, 4.69) is 0 Å². The molecule has 1 aromatic heterocycles. The van der Waals surface area contributed by atoms with Crippen LogP contribution in [-0.2, 0) is 5.75 Å². The molecule has 0 bridgehead atoms. The van der Waals surface area contributed by atoms with Crippen molar-refractivity contribution < 1.29 is 8.81 Å². The van der Waals surface area contributed by atoms with E-state index in [0.29, 0.717) is 11.3 Å². The van der Waals surface area contributed by atoms with Crippen molar-refractivity contribution in [2.45, 2.75) is 17.6 Å². The van der Waals surface area contributed by atoms with Crippen LogP contribution in [0, 0.1) is 24.1 Å². The quantitative estimate of drug-likeness (QED) is 0.772. The molecule has 0 saturated heterocycles. The van der Waals surface area contributed by atoms with E-state index in [4.69, 9.17) is 9.68 Å². The number of thioether (sulfide) groups is 1. The number of rotatable bonds is 3. The zero-order valence-corrected chi connectivity index (χ0v) is 10.1. The van der Waals surface area contributed by atoms with Gasteiger partial charge in [-0.3, -0.25) is 0 Å². The summed E-state index contributed by atoms with van der Waals surface area (Å²) in [5.41, 5.74) is 0.627. The minimum absolute atomic E-state index is 0.0898. The summed E-state index contributed by atoms with van der Waals surface area (Å²) >= 11 is 1.50. The van der Waals surface area contributed by atoms with Gasteiger partial charge in [0.1, 0.15) is 17.6 Å². The van der Waals surface area contributed by atoms with E-state index in [1.165, 1.54) is 17.8 Å². The van der Waals surface area contributed by atoms with Crippen LogP contribution >= 0.6 is 11.8 Å². The van der Waals surface area contributed by atoms with E-state index in [1.54, 1.807) is 18.4 Å². The zero-order chi connectivity index (χ0) is 12.3. The van der Waals surface area contributed by atoms with Crippen molar-refractivity contribution in [3.05, 3.63) is 53.2 Å². The molecule has 1 heterocycles. The number of aryl methyl sites for hydroxylation is 1. The third-order valence-electron chi connectivity index (χ3n) is 2.39. The van der Waals surface area contributed by atoms with Crippen LogP contribution in [0.5, 0.6) is 0 Å². The highest BCUT2D eigenvalue weighted by molar-refractivity contribution is 7.98. The molecule has 17 heavy (non-hydrogen) atoms. The Hall–Kier alpha value is -1.73. The van der Waals surface area contributed by atoms with Crippen molar-refractivity contribution in [1.82, 2.24) is 0 Å². The second kappa shape index (κ2) is 5.07. The van der Waals surface area contributed by atoms with E-state index >= 15 is 0 Å². The second-order valence-electron chi connectivity index (χ2n) is 3.52. The van der Waals surface area contributed by atoms with E-state index < -0.39 is 5.82 Å². The SMILES string of the molecule is Cc1occc1SCc1cccc(C#N)c1F. The van der Waals surface area contributed by atoms with Crippen molar-refractivity contribution in [3.63, 3.8) is 0 Å². The molecule has 0 aliphatic heterocycles. The molecule has 1 aromatic carbocycles. The lowest BCUT2D eigenvalue weighted by molar-refractivity contribution is 0.527. The van der Waals surface area contributed by atoms with Crippen molar-refractivity contribution in [2.75, 3.05) is 0 Å². The number of nitriles is 1. The summed E-state index contributed by atoms with van der Waals surface area (Å²) in [5.74, 6) is 0.886. The molecule has 4 heteroatoms. The average Bonchev–Trinajstić information content (AvgIpc) is 2.74. The van der Waals surface area contributed by atoms with Crippen molar-refractivity contribution in [3.8, 4) is 6.07 Å².